The lowest BCUT2D eigenvalue weighted by Gasteiger charge is -2.30. The molecule has 1 fully saturated rings. The van der Waals surface area contributed by atoms with E-state index in [4.69, 9.17) is 27.0 Å². The van der Waals surface area contributed by atoms with Gasteiger partial charge in [-0.3, -0.25) is 5.43 Å². The minimum absolute atomic E-state index is 0.0229. The number of thiocarbonyl (C=S) groups is 1. The molecule has 1 aliphatic rings. The van der Waals surface area contributed by atoms with Crippen LogP contribution in [0.15, 0.2) is 23.3 Å². The van der Waals surface area contributed by atoms with Crippen molar-refractivity contribution >= 4 is 23.5 Å². The summed E-state index contributed by atoms with van der Waals surface area (Å²) in [5.74, 6) is 1.70. The largest absolute Gasteiger partial charge is 0.493 e. The number of rotatable bonds is 6. The molecular weight excluding hydrogens is 336 g/mol. The molecule has 0 aromatic heterocycles. The molecule has 0 saturated heterocycles. The van der Waals surface area contributed by atoms with Crippen molar-refractivity contribution in [3.63, 3.8) is 0 Å². The van der Waals surface area contributed by atoms with Crippen LogP contribution in [-0.2, 0) is 0 Å². The Kier molecular flexibility index (Phi) is 7.48. The summed E-state index contributed by atoms with van der Waals surface area (Å²) in [6, 6.07) is 7.72. The number of nitrogens with zero attached hydrogens (tertiary/aromatic N) is 2. The fraction of sp³-hybridized carbons (Fsp3) is 0.500. The average molecular weight is 360 g/mol. The molecule has 6 nitrogen and oxygen atoms in total. The van der Waals surface area contributed by atoms with Crippen molar-refractivity contribution in [2.24, 2.45) is 11.0 Å². The predicted molar refractivity (Wildman–Crippen MR) is 102 cm³/mol. The van der Waals surface area contributed by atoms with E-state index in [1.807, 2.05) is 12.1 Å². The molecule has 2 N–H and O–H groups in total. The van der Waals surface area contributed by atoms with Gasteiger partial charge in [0.25, 0.3) is 0 Å². The van der Waals surface area contributed by atoms with E-state index >= 15 is 0 Å². The Morgan fingerprint density at radius 3 is 2.92 bits per heavy atom. The minimum atomic E-state index is -0.0229. The summed E-state index contributed by atoms with van der Waals surface area (Å²) in [6.07, 6.45) is 6.59. The first kappa shape index (κ1) is 19.0. The van der Waals surface area contributed by atoms with Crippen molar-refractivity contribution < 1.29 is 9.47 Å². The van der Waals surface area contributed by atoms with Gasteiger partial charge in [-0.25, -0.2) is 0 Å². The van der Waals surface area contributed by atoms with E-state index in [1.165, 1.54) is 19.3 Å². The normalized spacial score (nSPS) is 19.9. The topological polar surface area (TPSA) is 78.7 Å². The third-order valence-electron chi connectivity index (χ3n) is 4.29. The number of hydrogen-bond acceptors (Lipinski definition) is 5. The first-order valence-electron chi connectivity index (χ1n) is 8.41. The Bertz CT molecular complexity index is 657. The highest BCUT2D eigenvalue weighted by molar-refractivity contribution is 7.80. The van der Waals surface area contributed by atoms with E-state index in [9.17, 15) is 0 Å². The van der Waals surface area contributed by atoms with Gasteiger partial charge >= 0.3 is 0 Å². The molecule has 2 rings (SSSR count). The molecule has 0 amide bonds. The van der Waals surface area contributed by atoms with Gasteiger partial charge < -0.3 is 14.8 Å². The quantitative estimate of drug-likeness (QED) is 0.461. The number of nitriles is 1. The van der Waals surface area contributed by atoms with Crippen LogP contribution in [0.2, 0.25) is 0 Å². The maximum Gasteiger partial charge on any atom is 0.187 e. The third-order valence-corrected chi connectivity index (χ3v) is 4.50. The smallest absolute Gasteiger partial charge is 0.187 e. The second-order valence-electron chi connectivity index (χ2n) is 6.07. The SMILES string of the molecule is COc1cc(/C=N\NC(=S)N[C@H]2CCCC[C@@H]2C)ccc1OCC#N. The third kappa shape index (κ3) is 5.91. The number of methoxy groups -OCH3 is 1. The average Bonchev–Trinajstić information content (AvgIpc) is 2.62. The lowest BCUT2D eigenvalue weighted by Crippen LogP contribution is -2.44. The molecule has 1 aromatic rings. The van der Waals surface area contributed by atoms with Gasteiger partial charge in [-0.2, -0.15) is 10.4 Å². The molecule has 134 valence electrons. The minimum Gasteiger partial charge on any atom is -0.493 e. The molecule has 1 aromatic carbocycles. The van der Waals surface area contributed by atoms with Gasteiger partial charge in [-0.1, -0.05) is 19.8 Å². The molecule has 1 saturated carbocycles. The second kappa shape index (κ2) is 9.84. The summed E-state index contributed by atoms with van der Waals surface area (Å²) in [6.45, 7) is 2.23. The van der Waals surface area contributed by atoms with Crippen LogP contribution in [0.3, 0.4) is 0 Å². The molecule has 0 unspecified atom stereocenters. The van der Waals surface area contributed by atoms with Gasteiger partial charge in [0, 0.05) is 6.04 Å². The first-order valence-corrected chi connectivity index (χ1v) is 8.82. The van der Waals surface area contributed by atoms with Crippen LogP contribution in [0.1, 0.15) is 38.2 Å². The number of hydrazone groups is 1. The molecule has 0 spiro atoms. The number of nitrogens with one attached hydrogen (secondary N) is 2. The Balaban J connectivity index is 1.88. The Morgan fingerprint density at radius 1 is 1.40 bits per heavy atom. The summed E-state index contributed by atoms with van der Waals surface area (Å²) >= 11 is 5.31. The molecule has 2 atom stereocenters. The van der Waals surface area contributed by atoms with Crippen LogP contribution in [0.4, 0.5) is 0 Å². The second-order valence-corrected chi connectivity index (χ2v) is 6.48. The summed E-state index contributed by atoms with van der Waals surface area (Å²) in [7, 11) is 1.55. The Labute approximate surface area is 154 Å². The van der Waals surface area contributed by atoms with Crippen molar-refractivity contribution in [2.75, 3.05) is 13.7 Å². The highest BCUT2D eigenvalue weighted by atomic mass is 32.1. The zero-order chi connectivity index (χ0) is 18.1. The lowest BCUT2D eigenvalue weighted by atomic mass is 9.86. The Hall–Kier alpha value is -2.33. The van der Waals surface area contributed by atoms with Gasteiger partial charge in [-0.15, -0.1) is 0 Å². The zero-order valence-electron chi connectivity index (χ0n) is 14.6. The highest BCUT2D eigenvalue weighted by Crippen LogP contribution is 2.27. The van der Waals surface area contributed by atoms with Crippen LogP contribution >= 0.6 is 12.2 Å². The molecule has 7 heteroatoms. The molecule has 25 heavy (non-hydrogen) atoms. The van der Waals surface area contributed by atoms with E-state index in [-0.39, 0.29) is 6.61 Å². The van der Waals surface area contributed by atoms with Crippen LogP contribution in [0.25, 0.3) is 0 Å². The van der Waals surface area contributed by atoms with Gasteiger partial charge in [0.1, 0.15) is 6.07 Å². The van der Waals surface area contributed by atoms with E-state index in [0.29, 0.717) is 28.6 Å². The zero-order valence-corrected chi connectivity index (χ0v) is 15.4. The molecule has 0 radical (unpaired) electrons. The highest BCUT2D eigenvalue weighted by Gasteiger charge is 2.21. The molecule has 0 aliphatic heterocycles. The number of hydrogen-bond donors (Lipinski definition) is 2. The van der Waals surface area contributed by atoms with Gasteiger partial charge in [-0.05, 0) is 54.7 Å². The Morgan fingerprint density at radius 2 is 2.20 bits per heavy atom. The van der Waals surface area contributed by atoms with Gasteiger partial charge in [0.15, 0.2) is 23.2 Å². The molecule has 0 heterocycles. The van der Waals surface area contributed by atoms with Crippen LogP contribution < -0.4 is 20.2 Å². The number of benzene rings is 1. The first-order chi connectivity index (χ1) is 12.1. The fourth-order valence-electron chi connectivity index (χ4n) is 2.89. The predicted octanol–water partition coefficient (Wildman–Crippen LogP) is 2.97. The van der Waals surface area contributed by atoms with Crippen LogP contribution in [-0.4, -0.2) is 31.1 Å². The van der Waals surface area contributed by atoms with Crippen molar-refractivity contribution in [1.29, 1.82) is 5.26 Å². The maximum absolute atomic E-state index is 8.58. The number of ether oxygens (including phenoxy) is 2. The lowest BCUT2D eigenvalue weighted by molar-refractivity contribution is 0.308. The molecular formula is C18H24N4O2S. The van der Waals surface area contributed by atoms with Crippen molar-refractivity contribution in [2.45, 2.75) is 38.6 Å². The summed E-state index contributed by atoms with van der Waals surface area (Å²) in [5, 5.41) is 16.6. The summed E-state index contributed by atoms with van der Waals surface area (Å²) in [5.41, 5.74) is 3.70. The van der Waals surface area contributed by atoms with Crippen LogP contribution in [0, 0.1) is 17.2 Å². The van der Waals surface area contributed by atoms with E-state index in [0.717, 1.165) is 12.0 Å². The van der Waals surface area contributed by atoms with Gasteiger partial charge in [0.2, 0.25) is 0 Å². The molecule has 1 aliphatic carbocycles. The summed E-state index contributed by atoms with van der Waals surface area (Å²) < 4.78 is 10.6. The van der Waals surface area contributed by atoms with E-state index < -0.39 is 0 Å². The molecule has 0 bridgehead atoms. The van der Waals surface area contributed by atoms with E-state index in [1.54, 1.807) is 25.5 Å². The van der Waals surface area contributed by atoms with Gasteiger partial charge in [0.05, 0.1) is 13.3 Å². The van der Waals surface area contributed by atoms with Crippen molar-refractivity contribution in [3.05, 3.63) is 23.8 Å². The standard InChI is InChI=1S/C18H24N4O2S/c1-13-5-3-4-6-15(13)21-18(25)22-20-12-14-7-8-16(24-10-9-19)17(11-14)23-2/h7-8,11-13,15H,3-6,10H2,1-2H3,(H2,21,22,25)/b20-12-/t13-,15-/m0/s1. The van der Waals surface area contributed by atoms with Crippen LogP contribution in [0.5, 0.6) is 11.5 Å². The fourth-order valence-corrected chi connectivity index (χ4v) is 3.09. The summed E-state index contributed by atoms with van der Waals surface area (Å²) in [4.78, 5) is 0. The maximum atomic E-state index is 8.58. The van der Waals surface area contributed by atoms with Crippen molar-refractivity contribution in [3.8, 4) is 17.6 Å². The van der Waals surface area contributed by atoms with Crippen molar-refractivity contribution in [1.82, 2.24) is 10.7 Å². The monoisotopic (exact) mass is 360 g/mol. The van der Waals surface area contributed by atoms with E-state index in [2.05, 4.69) is 22.8 Å².